The summed E-state index contributed by atoms with van der Waals surface area (Å²) in [5.41, 5.74) is 0. The van der Waals surface area contributed by atoms with E-state index in [0.29, 0.717) is 0 Å². The number of carbonyl (C=O) groups excluding carboxylic acids is 1. The molecule has 0 unspecified atom stereocenters. The molecule has 4 heteroatoms. The molecule has 0 saturated heterocycles. The summed E-state index contributed by atoms with van der Waals surface area (Å²) in [6, 6.07) is 0. The number of carbonyl (C=O) groups is 1. The summed E-state index contributed by atoms with van der Waals surface area (Å²) in [5.74, 6) is 0.0289. The van der Waals surface area contributed by atoms with E-state index in [-0.39, 0.29) is 18.2 Å². The summed E-state index contributed by atoms with van der Waals surface area (Å²) in [7, 11) is 2.99. The van der Waals surface area contributed by atoms with Crippen molar-refractivity contribution < 1.29 is 14.7 Å². The van der Waals surface area contributed by atoms with Crippen LogP contribution in [0.4, 0.5) is 0 Å². The zero-order valence-electron chi connectivity index (χ0n) is 9.23. The molecule has 1 N–H and O–H groups in total. The first-order valence-corrected chi connectivity index (χ1v) is 4.64. The predicted octanol–water partition coefficient (Wildman–Crippen LogP) is 0.969. The van der Waals surface area contributed by atoms with E-state index in [1.54, 1.807) is 19.2 Å². The van der Waals surface area contributed by atoms with Crippen LogP contribution in [0.2, 0.25) is 0 Å². The van der Waals surface area contributed by atoms with Crippen LogP contribution in [0, 0.1) is 5.92 Å². The van der Waals surface area contributed by atoms with Crippen molar-refractivity contribution in [3.8, 4) is 0 Å². The lowest BCUT2D eigenvalue weighted by molar-refractivity contribution is -0.167. The third-order valence-corrected chi connectivity index (χ3v) is 1.93. The molecule has 0 aliphatic heterocycles. The van der Waals surface area contributed by atoms with Crippen LogP contribution in [0.3, 0.4) is 0 Å². The number of aliphatic hydroxyl groups is 1. The van der Waals surface area contributed by atoms with Gasteiger partial charge in [-0.25, -0.2) is 5.06 Å². The van der Waals surface area contributed by atoms with Crippen LogP contribution in [0.15, 0.2) is 12.2 Å². The van der Waals surface area contributed by atoms with Gasteiger partial charge in [0.15, 0.2) is 0 Å². The molecule has 4 nitrogen and oxygen atoms in total. The standard InChI is InChI=1S/C10H19NO3/c1-8(2)9(12)6-5-7-10(13)11(3)14-4/h5-6,8-9,12H,7H2,1-4H3/b6-5+/t9-/m0/s1. The van der Waals surface area contributed by atoms with Crippen LogP contribution in [0.25, 0.3) is 0 Å². The topological polar surface area (TPSA) is 49.8 Å². The maximum atomic E-state index is 11.2. The van der Waals surface area contributed by atoms with Crippen LogP contribution in [0.5, 0.6) is 0 Å². The molecule has 14 heavy (non-hydrogen) atoms. The first kappa shape index (κ1) is 13.1. The van der Waals surface area contributed by atoms with E-state index in [1.807, 2.05) is 13.8 Å². The van der Waals surface area contributed by atoms with Gasteiger partial charge in [0.25, 0.3) is 0 Å². The van der Waals surface area contributed by atoms with Crippen molar-refractivity contribution in [2.24, 2.45) is 5.92 Å². The second-order valence-electron chi connectivity index (χ2n) is 3.44. The number of aliphatic hydroxyl groups excluding tert-OH is 1. The quantitative estimate of drug-likeness (QED) is 0.532. The fourth-order valence-electron chi connectivity index (χ4n) is 0.761. The molecule has 0 saturated carbocycles. The zero-order valence-corrected chi connectivity index (χ0v) is 9.23. The minimum Gasteiger partial charge on any atom is -0.389 e. The summed E-state index contributed by atoms with van der Waals surface area (Å²) in [6.07, 6.45) is 3.04. The largest absolute Gasteiger partial charge is 0.389 e. The highest BCUT2D eigenvalue weighted by molar-refractivity contribution is 5.76. The Hall–Kier alpha value is -0.870. The van der Waals surface area contributed by atoms with E-state index < -0.39 is 6.10 Å². The Morgan fingerprint density at radius 1 is 1.57 bits per heavy atom. The summed E-state index contributed by atoms with van der Waals surface area (Å²) < 4.78 is 0. The van der Waals surface area contributed by atoms with Gasteiger partial charge in [-0.15, -0.1) is 0 Å². The SMILES string of the molecule is CON(C)C(=O)C/C=C/[C@H](O)C(C)C. The maximum absolute atomic E-state index is 11.2. The number of rotatable bonds is 5. The maximum Gasteiger partial charge on any atom is 0.249 e. The molecule has 0 aromatic rings. The van der Waals surface area contributed by atoms with Crippen LogP contribution >= 0.6 is 0 Å². The Labute approximate surface area is 85.1 Å². The Morgan fingerprint density at radius 2 is 2.14 bits per heavy atom. The van der Waals surface area contributed by atoms with Gasteiger partial charge in [-0.1, -0.05) is 26.0 Å². The summed E-state index contributed by atoms with van der Waals surface area (Å²) >= 11 is 0. The molecular formula is C10H19NO3. The van der Waals surface area contributed by atoms with Crippen molar-refractivity contribution >= 4 is 5.91 Å². The monoisotopic (exact) mass is 201 g/mol. The second-order valence-corrected chi connectivity index (χ2v) is 3.44. The van der Waals surface area contributed by atoms with Gasteiger partial charge >= 0.3 is 0 Å². The van der Waals surface area contributed by atoms with E-state index in [2.05, 4.69) is 0 Å². The average molecular weight is 201 g/mol. The third kappa shape index (κ3) is 4.99. The number of hydrogen-bond acceptors (Lipinski definition) is 3. The molecule has 0 aromatic heterocycles. The second kappa shape index (κ2) is 6.56. The third-order valence-electron chi connectivity index (χ3n) is 1.93. The summed E-state index contributed by atoms with van der Waals surface area (Å²) in [6.45, 7) is 3.83. The van der Waals surface area contributed by atoms with Gasteiger partial charge in [-0.2, -0.15) is 0 Å². The van der Waals surface area contributed by atoms with E-state index in [0.717, 1.165) is 5.06 Å². The van der Waals surface area contributed by atoms with Crippen molar-refractivity contribution in [2.75, 3.05) is 14.2 Å². The minimum atomic E-state index is -0.490. The molecule has 0 bridgehead atoms. The van der Waals surface area contributed by atoms with Crippen molar-refractivity contribution in [3.63, 3.8) is 0 Å². The first-order valence-electron chi connectivity index (χ1n) is 4.64. The number of hydrogen-bond donors (Lipinski definition) is 1. The number of hydroxylamine groups is 2. The first-order chi connectivity index (χ1) is 6.49. The van der Waals surface area contributed by atoms with Gasteiger partial charge in [0.2, 0.25) is 5.91 Å². The van der Waals surface area contributed by atoms with Crippen LogP contribution in [-0.2, 0) is 9.63 Å². The van der Waals surface area contributed by atoms with Gasteiger partial charge in [0, 0.05) is 13.5 Å². The predicted molar refractivity (Wildman–Crippen MR) is 54.4 cm³/mol. The highest BCUT2D eigenvalue weighted by atomic mass is 16.7. The van der Waals surface area contributed by atoms with Crippen molar-refractivity contribution in [2.45, 2.75) is 26.4 Å². The van der Waals surface area contributed by atoms with Gasteiger partial charge in [-0.05, 0) is 5.92 Å². The van der Waals surface area contributed by atoms with Gasteiger partial charge in [-0.3, -0.25) is 9.63 Å². The number of nitrogens with zero attached hydrogens (tertiary/aromatic N) is 1. The summed E-state index contributed by atoms with van der Waals surface area (Å²) in [4.78, 5) is 15.9. The zero-order chi connectivity index (χ0) is 11.1. The Bertz CT molecular complexity index is 202. The molecule has 0 fully saturated rings. The lowest BCUT2D eigenvalue weighted by atomic mass is 10.1. The molecule has 0 heterocycles. The Morgan fingerprint density at radius 3 is 2.57 bits per heavy atom. The van der Waals surface area contributed by atoms with Crippen LogP contribution in [0.1, 0.15) is 20.3 Å². The molecule has 0 aromatic carbocycles. The normalized spacial score (nSPS) is 13.6. The lowest BCUT2D eigenvalue weighted by Gasteiger charge is -2.12. The molecule has 0 radical (unpaired) electrons. The van der Waals surface area contributed by atoms with Gasteiger partial charge in [0.1, 0.15) is 0 Å². The van der Waals surface area contributed by atoms with E-state index in [9.17, 15) is 9.90 Å². The lowest BCUT2D eigenvalue weighted by Crippen LogP contribution is -2.24. The molecule has 82 valence electrons. The van der Waals surface area contributed by atoms with E-state index >= 15 is 0 Å². The molecule has 0 spiro atoms. The van der Waals surface area contributed by atoms with E-state index in [1.165, 1.54) is 7.11 Å². The van der Waals surface area contributed by atoms with Crippen LogP contribution in [-0.4, -0.2) is 36.3 Å². The highest BCUT2D eigenvalue weighted by Gasteiger charge is 2.06. The van der Waals surface area contributed by atoms with E-state index in [4.69, 9.17) is 4.84 Å². The van der Waals surface area contributed by atoms with Crippen molar-refractivity contribution in [1.82, 2.24) is 5.06 Å². The van der Waals surface area contributed by atoms with Crippen LogP contribution < -0.4 is 0 Å². The average Bonchev–Trinajstić information content (AvgIpc) is 2.15. The minimum absolute atomic E-state index is 0.139. The Balaban J connectivity index is 3.87. The van der Waals surface area contributed by atoms with Gasteiger partial charge < -0.3 is 5.11 Å². The Kier molecular flexibility index (Phi) is 6.16. The molecular weight excluding hydrogens is 182 g/mol. The van der Waals surface area contributed by atoms with Gasteiger partial charge in [0.05, 0.1) is 13.2 Å². The molecule has 1 atom stereocenters. The van der Waals surface area contributed by atoms with Crippen molar-refractivity contribution in [1.29, 1.82) is 0 Å². The summed E-state index contributed by atoms with van der Waals surface area (Å²) in [5, 5.41) is 10.6. The fraction of sp³-hybridized carbons (Fsp3) is 0.700. The smallest absolute Gasteiger partial charge is 0.249 e. The van der Waals surface area contributed by atoms with Crippen molar-refractivity contribution in [3.05, 3.63) is 12.2 Å². The highest BCUT2D eigenvalue weighted by Crippen LogP contribution is 2.03. The number of amides is 1. The molecule has 0 aliphatic rings. The molecule has 1 amide bonds. The fourth-order valence-corrected chi connectivity index (χ4v) is 0.761. The molecule has 0 aliphatic carbocycles. The molecule has 0 rings (SSSR count).